The number of aromatic nitrogens is 1. The molecule has 1 unspecified atom stereocenters. The van der Waals surface area contributed by atoms with E-state index in [0.717, 1.165) is 5.56 Å². The Hall–Kier alpha value is -2.85. The van der Waals surface area contributed by atoms with Gasteiger partial charge < -0.3 is 19.7 Å². The van der Waals surface area contributed by atoms with Gasteiger partial charge in [-0.15, -0.1) is 0 Å². The van der Waals surface area contributed by atoms with E-state index in [4.69, 9.17) is 9.47 Å². The van der Waals surface area contributed by atoms with Crippen LogP contribution in [0.1, 0.15) is 18.5 Å². The Bertz CT molecular complexity index is 1010. The zero-order valence-corrected chi connectivity index (χ0v) is 17.5. The molecule has 30 heavy (non-hydrogen) atoms. The van der Waals surface area contributed by atoms with Gasteiger partial charge in [-0.2, -0.15) is 4.31 Å². The first kappa shape index (κ1) is 20.4. The van der Waals surface area contributed by atoms with Gasteiger partial charge in [-0.3, -0.25) is 4.98 Å². The molecule has 1 fully saturated rings. The van der Waals surface area contributed by atoms with Crippen molar-refractivity contribution in [3.63, 3.8) is 0 Å². The quantitative estimate of drug-likeness (QED) is 0.788. The van der Waals surface area contributed by atoms with Crippen molar-refractivity contribution < 1.29 is 22.7 Å². The fraction of sp³-hybridized carbons (Fsp3) is 0.400. The number of sulfonamides is 1. The van der Waals surface area contributed by atoms with Gasteiger partial charge in [0, 0.05) is 38.6 Å². The molecule has 0 radical (unpaired) electrons. The third-order valence-electron chi connectivity index (χ3n) is 5.20. The number of hydrogen-bond acceptors (Lipinski definition) is 6. The number of urea groups is 1. The van der Waals surface area contributed by atoms with Crippen molar-refractivity contribution in [2.45, 2.75) is 17.9 Å². The molecule has 9 nitrogen and oxygen atoms in total. The maximum absolute atomic E-state index is 12.7. The van der Waals surface area contributed by atoms with E-state index in [1.807, 2.05) is 25.1 Å². The first-order valence-electron chi connectivity index (χ1n) is 9.80. The van der Waals surface area contributed by atoms with Gasteiger partial charge in [0.2, 0.25) is 10.0 Å². The molecule has 2 aliphatic rings. The van der Waals surface area contributed by atoms with Crippen LogP contribution < -0.4 is 14.8 Å². The summed E-state index contributed by atoms with van der Waals surface area (Å²) in [5.41, 5.74) is 0.908. The van der Waals surface area contributed by atoms with Gasteiger partial charge in [0.15, 0.2) is 11.5 Å². The molecule has 0 bridgehead atoms. The lowest BCUT2D eigenvalue weighted by molar-refractivity contribution is 0.168. The van der Waals surface area contributed by atoms with Gasteiger partial charge >= 0.3 is 6.03 Å². The number of carbonyl (C=O) groups is 1. The summed E-state index contributed by atoms with van der Waals surface area (Å²) in [4.78, 5) is 18.3. The number of fused-ring (bicyclic) bond motifs is 1. The second-order valence-electron chi connectivity index (χ2n) is 7.15. The summed E-state index contributed by atoms with van der Waals surface area (Å²) in [7, 11) is -3.60. The Morgan fingerprint density at radius 1 is 1.10 bits per heavy atom. The number of rotatable bonds is 4. The Kier molecular flexibility index (Phi) is 5.78. The normalized spacial score (nSPS) is 18.0. The molecule has 1 aromatic carbocycles. The standard InChI is InChI=1S/C20H24N4O5S/c1-15(16-4-5-18-19(13-16)29-12-11-28-18)22-20(25)23-7-9-24(10-8-23)30(26,27)17-3-2-6-21-14-17/h2-6,13-15H,7-12H2,1H3,(H,22,25). The number of ether oxygens (including phenoxy) is 2. The predicted octanol–water partition coefficient (Wildman–Crippen LogP) is 1.63. The molecule has 160 valence electrons. The van der Waals surface area contributed by atoms with Crippen LogP contribution in [0, 0.1) is 0 Å². The highest BCUT2D eigenvalue weighted by Crippen LogP contribution is 2.32. The number of nitrogens with zero attached hydrogens (tertiary/aromatic N) is 3. The number of piperazine rings is 1. The molecule has 2 aliphatic heterocycles. The monoisotopic (exact) mass is 432 g/mol. The molecular weight excluding hydrogens is 408 g/mol. The number of hydrogen-bond donors (Lipinski definition) is 1. The molecule has 0 spiro atoms. The smallest absolute Gasteiger partial charge is 0.317 e. The van der Waals surface area contributed by atoms with E-state index in [-0.39, 0.29) is 30.1 Å². The summed E-state index contributed by atoms with van der Waals surface area (Å²) in [6.45, 7) is 4.04. The highest BCUT2D eigenvalue weighted by Gasteiger charge is 2.30. The van der Waals surface area contributed by atoms with E-state index < -0.39 is 10.0 Å². The Labute approximate surface area is 175 Å². The van der Waals surface area contributed by atoms with Crippen LogP contribution in [0.15, 0.2) is 47.6 Å². The summed E-state index contributed by atoms with van der Waals surface area (Å²) in [6, 6.07) is 8.27. The van der Waals surface area contributed by atoms with Crippen molar-refractivity contribution in [1.82, 2.24) is 19.5 Å². The summed E-state index contributed by atoms with van der Waals surface area (Å²) in [5.74, 6) is 1.38. The Balaban J connectivity index is 1.34. The van der Waals surface area contributed by atoms with Crippen LogP contribution in [0.5, 0.6) is 11.5 Å². The Morgan fingerprint density at radius 3 is 2.53 bits per heavy atom. The number of amides is 2. The lowest BCUT2D eigenvalue weighted by atomic mass is 10.1. The van der Waals surface area contributed by atoms with Crippen LogP contribution in [0.3, 0.4) is 0 Å². The third-order valence-corrected chi connectivity index (χ3v) is 7.09. The Morgan fingerprint density at radius 2 is 1.83 bits per heavy atom. The number of benzene rings is 1. The minimum Gasteiger partial charge on any atom is -0.486 e. The SMILES string of the molecule is CC(NC(=O)N1CCN(S(=O)(=O)c2cccnc2)CC1)c1ccc2c(c1)OCCO2. The summed E-state index contributed by atoms with van der Waals surface area (Å²) in [6.07, 6.45) is 2.87. The van der Waals surface area contributed by atoms with Crippen LogP contribution in [-0.4, -0.2) is 68.0 Å². The van der Waals surface area contributed by atoms with Crippen LogP contribution in [0.25, 0.3) is 0 Å². The lowest BCUT2D eigenvalue weighted by Crippen LogP contribution is -2.53. The second-order valence-corrected chi connectivity index (χ2v) is 9.09. The minimum atomic E-state index is -3.60. The second kappa shape index (κ2) is 8.49. The molecule has 0 aliphatic carbocycles. The summed E-state index contributed by atoms with van der Waals surface area (Å²) < 4.78 is 37.9. The highest BCUT2D eigenvalue weighted by atomic mass is 32.2. The molecule has 1 atom stereocenters. The number of pyridine rings is 1. The maximum Gasteiger partial charge on any atom is 0.317 e. The fourth-order valence-corrected chi connectivity index (χ4v) is 4.86. The van der Waals surface area contributed by atoms with E-state index in [2.05, 4.69) is 10.3 Å². The van der Waals surface area contributed by atoms with Gasteiger partial charge in [-0.25, -0.2) is 13.2 Å². The molecule has 1 N–H and O–H groups in total. The molecule has 2 aromatic rings. The van der Waals surface area contributed by atoms with E-state index in [1.54, 1.807) is 11.0 Å². The van der Waals surface area contributed by atoms with Crippen molar-refractivity contribution in [3.05, 3.63) is 48.3 Å². The molecule has 0 saturated carbocycles. The molecule has 1 aromatic heterocycles. The number of carbonyl (C=O) groups excluding carboxylic acids is 1. The maximum atomic E-state index is 12.7. The van der Waals surface area contributed by atoms with Gasteiger partial charge in [0.1, 0.15) is 18.1 Å². The predicted molar refractivity (Wildman–Crippen MR) is 109 cm³/mol. The van der Waals surface area contributed by atoms with Gasteiger partial charge in [-0.1, -0.05) is 6.07 Å². The number of nitrogens with one attached hydrogen (secondary N) is 1. The van der Waals surface area contributed by atoms with Crippen LogP contribution >= 0.6 is 0 Å². The zero-order chi connectivity index (χ0) is 21.1. The molecule has 10 heteroatoms. The summed E-state index contributed by atoms with van der Waals surface area (Å²) >= 11 is 0. The topological polar surface area (TPSA) is 101 Å². The van der Waals surface area contributed by atoms with Crippen molar-refractivity contribution >= 4 is 16.1 Å². The minimum absolute atomic E-state index is 0.162. The van der Waals surface area contributed by atoms with E-state index >= 15 is 0 Å². The van der Waals surface area contributed by atoms with Gasteiger partial charge in [0.25, 0.3) is 0 Å². The van der Waals surface area contributed by atoms with Crippen LogP contribution in [0.4, 0.5) is 4.79 Å². The van der Waals surface area contributed by atoms with Crippen molar-refractivity contribution in [2.24, 2.45) is 0 Å². The van der Waals surface area contributed by atoms with Crippen LogP contribution in [0.2, 0.25) is 0 Å². The van der Waals surface area contributed by atoms with Crippen molar-refractivity contribution in [3.8, 4) is 11.5 Å². The average molecular weight is 433 g/mol. The molecule has 3 heterocycles. The first-order chi connectivity index (χ1) is 14.4. The van der Waals surface area contributed by atoms with Crippen LogP contribution in [-0.2, 0) is 10.0 Å². The zero-order valence-electron chi connectivity index (χ0n) is 16.7. The first-order valence-corrected chi connectivity index (χ1v) is 11.2. The molecular formula is C20H24N4O5S. The third kappa shape index (κ3) is 4.19. The van der Waals surface area contributed by atoms with Crippen molar-refractivity contribution in [2.75, 3.05) is 39.4 Å². The summed E-state index contributed by atoms with van der Waals surface area (Å²) in [5, 5.41) is 2.97. The van der Waals surface area contributed by atoms with Gasteiger partial charge in [-0.05, 0) is 36.8 Å². The van der Waals surface area contributed by atoms with E-state index in [0.29, 0.717) is 37.8 Å². The fourth-order valence-electron chi connectivity index (χ4n) is 3.47. The van der Waals surface area contributed by atoms with E-state index in [1.165, 1.54) is 22.8 Å². The molecule has 2 amide bonds. The van der Waals surface area contributed by atoms with Gasteiger partial charge in [0.05, 0.1) is 6.04 Å². The van der Waals surface area contributed by atoms with Crippen molar-refractivity contribution in [1.29, 1.82) is 0 Å². The largest absolute Gasteiger partial charge is 0.486 e. The average Bonchev–Trinajstić information content (AvgIpc) is 2.79. The molecule has 1 saturated heterocycles. The molecule has 4 rings (SSSR count). The highest BCUT2D eigenvalue weighted by molar-refractivity contribution is 7.89. The lowest BCUT2D eigenvalue weighted by Gasteiger charge is -2.34. The van der Waals surface area contributed by atoms with E-state index in [9.17, 15) is 13.2 Å².